The predicted molar refractivity (Wildman–Crippen MR) is 45.6 cm³/mol. The van der Waals surface area contributed by atoms with Gasteiger partial charge in [-0.05, 0) is 14.0 Å². The van der Waals surface area contributed by atoms with Crippen molar-refractivity contribution in [1.29, 1.82) is 0 Å². The Hall–Kier alpha value is -0.610. The number of hydrogen-bond acceptors (Lipinski definition) is 3. The van der Waals surface area contributed by atoms with Crippen LogP contribution in [0.4, 0.5) is 0 Å². The van der Waals surface area contributed by atoms with Crippen LogP contribution >= 0.6 is 0 Å². The van der Waals surface area contributed by atoms with E-state index in [9.17, 15) is 4.79 Å². The molecular weight excluding hydrogens is 154 g/mol. The van der Waals surface area contributed by atoms with Gasteiger partial charge in [0.1, 0.15) is 0 Å². The summed E-state index contributed by atoms with van der Waals surface area (Å²) in [7, 11) is 2.08. The molecule has 2 saturated heterocycles. The molecule has 4 heteroatoms. The van der Waals surface area contributed by atoms with E-state index in [0.29, 0.717) is 6.04 Å². The predicted octanol–water partition coefficient (Wildman–Crippen LogP) is -0.922. The molecule has 0 aromatic carbocycles. The normalized spacial score (nSPS) is 32.7. The summed E-state index contributed by atoms with van der Waals surface area (Å²) in [6.45, 7) is 4.71. The Labute approximate surface area is 72.5 Å². The maximum absolute atomic E-state index is 11.5. The Kier molecular flexibility index (Phi) is 1.81. The van der Waals surface area contributed by atoms with Crippen LogP contribution in [-0.4, -0.2) is 54.6 Å². The lowest BCUT2D eigenvalue weighted by atomic mass is 10.1. The second-order valence-electron chi connectivity index (χ2n) is 3.77. The SMILES string of the molecule is CC1NCN(C2CN(C)C2)C1=O. The number of nitrogens with zero attached hydrogens (tertiary/aromatic N) is 2. The number of likely N-dealkylation sites (N-methyl/N-ethyl adjacent to an activating group) is 1. The third-order valence-corrected chi connectivity index (χ3v) is 2.71. The number of carbonyl (C=O) groups excluding carboxylic acids is 1. The van der Waals surface area contributed by atoms with Gasteiger partial charge in [-0.1, -0.05) is 0 Å². The first-order valence-electron chi connectivity index (χ1n) is 4.41. The fourth-order valence-electron chi connectivity index (χ4n) is 1.82. The van der Waals surface area contributed by atoms with Crippen LogP contribution in [0.15, 0.2) is 0 Å². The van der Waals surface area contributed by atoms with Gasteiger partial charge < -0.3 is 9.80 Å². The Morgan fingerprint density at radius 2 is 2.17 bits per heavy atom. The van der Waals surface area contributed by atoms with Gasteiger partial charge in [-0.2, -0.15) is 0 Å². The van der Waals surface area contributed by atoms with Crippen LogP contribution in [-0.2, 0) is 4.79 Å². The molecule has 2 aliphatic rings. The van der Waals surface area contributed by atoms with Gasteiger partial charge >= 0.3 is 0 Å². The minimum Gasteiger partial charge on any atom is -0.323 e. The zero-order chi connectivity index (χ0) is 8.72. The van der Waals surface area contributed by atoms with Crippen LogP contribution in [0.25, 0.3) is 0 Å². The number of amides is 1. The lowest BCUT2D eigenvalue weighted by Gasteiger charge is -2.41. The van der Waals surface area contributed by atoms with E-state index < -0.39 is 0 Å². The summed E-state index contributed by atoms with van der Waals surface area (Å²) in [6.07, 6.45) is 0. The van der Waals surface area contributed by atoms with Crippen molar-refractivity contribution in [3.05, 3.63) is 0 Å². The van der Waals surface area contributed by atoms with E-state index >= 15 is 0 Å². The highest BCUT2D eigenvalue weighted by Gasteiger charge is 2.37. The first-order chi connectivity index (χ1) is 5.68. The van der Waals surface area contributed by atoms with Crippen molar-refractivity contribution in [3.8, 4) is 0 Å². The molecule has 0 saturated carbocycles. The molecule has 0 aromatic rings. The van der Waals surface area contributed by atoms with Crippen molar-refractivity contribution in [3.63, 3.8) is 0 Å². The molecule has 0 aliphatic carbocycles. The van der Waals surface area contributed by atoms with Gasteiger partial charge in [0.25, 0.3) is 0 Å². The molecule has 2 aliphatic heterocycles. The average molecular weight is 169 g/mol. The maximum Gasteiger partial charge on any atom is 0.240 e. The highest BCUT2D eigenvalue weighted by molar-refractivity contribution is 5.83. The molecule has 2 rings (SSSR count). The zero-order valence-corrected chi connectivity index (χ0v) is 7.58. The van der Waals surface area contributed by atoms with E-state index in [2.05, 4.69) is 17.3 Å². The number of likely N-dealkylation sites (tertiary alicyclic amines) is 1. The van der Waals surface area contributed by atoms with Gasteiger partial charge in [0.05, 0.1) is 18.8 Å². The van der Waals surface area contributed by atoms with Gasteiger partial charge in [0.15, 0.2) is 0 Å². The molecule has 68 valence electrons. The van der Waals surface area contributed by atoms with Crippen molar-refractivity contribution in [2.45, 2.75) is 19.0 Å². The molecule has 1 atom stereocenters. The standard InChI is InChI=1S/C8H15N3O/c1-6-8(12)11(5-9-6)7-3-10(2)4-7/h6-7,9H,3-5H2,1-2H3. The molecule has 1 N–H and O–H groups in total. The van der Waals surface area contributed by atoms with Crippen molar-refractivity contribution < 1.29 is 4.79 Å². The molecular formula is C8H15N3O. The fourth-order valence-corrected chi connectivity index (χ4v) is 1.82. The number of hydrogen-bond donors (Lipinski definition) is 1. The molecule has 0 aromatic heterocycles. The number of rotatable bonds is 1. The summed E-state index contributed by atoms with van der Waals surface area (Å²) in [5.74, 6) is 0.258. The molecule has 0 spiro atoms. The average Bonchev–Trinajstić information content (AvgIpc) is 2.28. The Morgan fingerprint density at radius 1 is 1.50 bits per heavy atom. The summed E-state index contributed by atoms with van der Waals surface area (Å²) in [5.41, 5.74) is 0. The van der Waals surface area contributed by atoms with Crippen LogP contribution in [0.1, 0.15) is 6.92 Å². The summed E-state index contributed by atoms with van der Waals surface area (Å²) in [4.78, 5) is 15.7. The van der Waals surface area contributed by atoms with Crippen LogP contribution in [0.3, 0.4) is 0 Å². The third kappa shape index (κ3) is 1.11. The smallest absolute Gasteiger partial charge is 0.240 e. The lowest BCUT2D eigenvalue weighted by molar-refractivity contribution is -0.133. The first kappa shape index (κ1) is 8.01. The summed E-state index contributed by atoms with van der Waals surface area (Å²) in [6, 6.07) is 0.482. The molecule has 0 radical (unpaired) electrons. The highest BCUT2D eigenvalue weighted by atomic mass is 16.2. The largest absolute Gasteiger partial charge is 0.323 e. The van der Waals surface area contributed by atoms with Crippen molar-refractivity contribution >= 4 is 5.91 Å². The van der Waals surface area contributed by atoms with Gasteiger partial charge in [-0.25, -0.2) is 0 Å². The summed E-state index contributed by atoms with van der Waals surface area (Å²) in [5, 5.41) is 3.14. The maximum atomic E-state index is 11.5. The van der Waals surface area contributed by atoms with Crippen LogP contribution in [0, 0.1) is 0 Å². The van der Waals surface area contributed by atoms with E-state index in [1.165, 1.54) is 0 Å². The van der Waals surface area contributed by atoms with Gasteiger partial charge in [0, 0.05) is 13.1 Å². The molecule has 2 heterocycles. The van der Waals surface area contributed by atoms with Gasteiger partial charge in [0.2, 0.25) is 5.91 Å². The van der Waals surface area contributed by atoms with Crippen LogP contribution < -0.4 is 5.32 Å². The van der Waals surface area contributed by atoms with Crippen molar-refractivity contribution in [2.24, 2.45) is 0 Å². The molecule has 0 bridgehead atoms. The van der Waals surface area contributed by atoms with Crippen LogP contribution in [0.2, 0.25) is 0 Å². The van der Waals surface area contributed by atoms with Crippen LogP contribution in [0.5, 0.6) is 0 Å². The number of nitrogens with one attached hydrogen (secondary N) is 1. The Bertz CT molecular complexity index is 200. The first-order valence-corrected chi connectivity index (χ1v) is 4.41. The quantitative estimate of drug-likeness (QED) is 0.551. The van der Waals surface area contributed by atoms with Gasteiger partial charge in [-0.15, -0.1) is 0 Å². The van der Waals surface area contributed by atoms with E-state index in [0.717, 1.165) is 19.8 Å². The fraction of sp³-hybridized carbons (Fsp3) is 0.875. The lowest BCUT2D eigenvalue weighted by Crippen LogP contribution is -2.58. The van der Waals surface area contributed by atoms with Gasteiger partial charge in [-0.3, -0.25) is 10.1 Å². The number of carbonyl (C=O) groups is 1. The van der Waals surface area contributed by atoms with E-state index in [1.807, 2.05) is 11.8 Å². The van der Waals surface area contributed by atoms with E-state index in [1.54, 1.807) is 0 Å². The minimum atomic E-state index is 0.0240. The molecule has 1 unspecified atom stereocenters. The molecule has 2 fully saturated rings. The minimum absolute atomic E-state index is 0.0240. The van der Waals surface area contributed by atoms with Crippen molar-refractivity contribution in [1.82, 2.24) is 15.1 Å². The highest BCUT2D eigenvalue weighted by Crippen LogP contribution is 2.15. The Morgan fingerprint density at radius 3 is 2.58 bits per heavy atom. The van der Waals surface area contributed by atoms with E-state index in [-0.39, 0.29) is 11.9 Å². The Balaban J connectivity index is 1.93. The zero-order valence-electron chi connectivity index (χ0n) is 7.58. The second kappa shape index (κ2) is 2.71. The summed E-state index contributed by atoms with van der Waals surface area (Å²) < 4.78 is 0. The molecule has 1 amide bonds. The second-order valence-corrected chi connectivity index (χ2v) is 3.77. The molecule has 4 nitrogen and oxygen atoms in total. The summed E-state index contributed by atoms with van der Waals surface area (Å²) >= 11 is 0. The molecule has 12 heavy (non-hydrogen) atoms. The van der Waals surface area contributed by atoms with Crippen molar-refractivity contribution in [2.75, 3.05) is 26.8 Å². The third-order valence-electron chi connectivity index (χ3n) is 2.71. The topological polar surface area (TPSA) is 35.6 Å². The monoisotopic (exact) mass is 169 g/mol. The van der Waals surface area contributed by atoms with E-state index in [4.69, 9.17) is 0 Å².